The zero-order chi connectivity index (χ0) is 12.8. The Morgan fingerprint density at radius 2 is 2.00 bits per heavy atom. The minimum atomic E-state index is 0.139. The molecule has 1 aromatic rings. The van der Waals surface area contributed by atoms with Crippen LogP contribution >= 0.6 is 0 Å². The molecule has 0 heterocycles. The third-order valence-corrected chi connectivity index (χ3v) is 2.51. The molecule has 0 fully saturated rings. The van der Waals surface area contributed by atoms with E-state index in [1.54, 1.807) is 0 Å². The molecule has 0 aliphatic carbocycles. The summed E-state index contributed by atoms with van der Waals surface area (Å²) in [5, 5.41) is 3.45. The van der Waals surface area contributed by atoms with Crippen molar-refractivity contribution in [3.05, 3.63) is 18.2 Å². The van der Waals surface area contributed by atoms with Gasteiger partial charge < -0.3 is 15.8 Å². The summed E-state index contributed by atoms with van der Waals surface area (Å²) in [6.07, 6.45) is 2.48. The average Bonchev–Trinajstić information content (AvgIpc) is 2.22. The first-order valence-corrected chi connectivity index (χ1v) is 6.35. The fourth-order valence-corrected chi connectivity index (χ4v) is 1.77. The van der Waals surface area contributed by atoms with Crippen molar-refractivity contribution in [2.24, 2.45) is 0 Å². The maximum absolute atomic E-state index is 5.87. The summed E-state index contributed by atoms with van der Waals surface area (Å²) in [5.41, 5.74) is 7.63. The van der Waals surface area contributed by atoms with Crippen molar-refractivity contribution < 1.29 is 4.74 Å². The highest BCUT2D eigenvalue weighted by Gasteiger charge is 2.06. The second kappa shape index (κ2) is 6.38. The van der Waals surface area contributed by atoms with E-state index in [1.807, 2.05) is 32.0 Å². The van der Waals surface area contributed by atoms with Crippen molar-refractivity contribution in [2.45, 2.75) is 52.7 Å². The van der Waals surface area contributed by atoms with Gasteiger partial charge in [-0.3, -0.25) is 0 Å². The first-order valence-electron chi connectivity index (χ1n) is 6.35. The van der Waals surface area contributed by atoms with Gasteiger partial charge in [-0.15, -0.1) is 0 Å². The Bertz CT molecular complexity index is 350. The quantitative estimate of drug-likeness (QED) is 0.741. The molecule has 96 valence electrons. The molecular formula is C14H24N2O. The predicted molar refractivity (Wildman–Crippen MR) is 74.6 cm³/mol. The molecule has 17 heavy (non-hydrogen) atoms. The average molecular weight is 236 g/mol. The second-order valence-electron chi connectivity index (χ2n) is 4.75. The summed E-state index contributed by atoms with van der Waals surface area (Å²) in [6, 6.07) is 6.32. The van der Waals surface area contributed by atoms with E-state index in [4.69, 9.17) is 10.5 Å². The Kier molecular flexibility index (Phi) is 5.13. The number of nitrogens with one attached hydrogen (secondary N) is 1. The van der Waals surface area contributed by atoms with Crippen molar-refractivity contribution >= 4 is 11.4 Å². The molecule has 0 aromatic heterocycles. The number of hydrogen-bond acceptors (Lipinski definition) is 3. The van der Waals surface area contributed by atoms with E-state index in [0.29, 0.717) is 11.7 Å². The van der Waals surface area contributed by atoms with Gasteiger partial charge in [-0.2, -0.15) is 0 Å². The highest BCUT2D eigenvalue weighted by Crippen LogP contribution is 2.27. The molecule has 3 nitrogen and oxygen atoms in total. The van der Waals surface area contributed by atoms with Crippen molar-refractivity contribution in [2.75, 3.05) is 11.1 Å². The molecule has 0 saturated carbocycles. The number of ether oxygens (including phenoxy) is 1. The van der Waals surface area contributed by atoms with Crippen LogP contribution in [0.2, 0.25) is 0 Å². The number of nitrogens with two attached hydrogens (primary N) is 1. The van der Waals surface area contributed by atoms with Crippen LogP contribution < -0.4 is 15.8 Å². The highest BCUT2D eigenvalue weighted by atomic mass is 16.5. The zero-order valence-corrected chi connectivity index (χ0v) is 11.3. The van der Waals surface area contributed by atoms with E-state index in [-0.39, 0.29) is 6.10 Å². The highest BCUT2D eigenvalue weighted by molar-refractivity contribution is 5.61. The Morgan fingerprint density at radius 1 is 1.29 bits per heavy atom. The van der Waals surface area contributed by atoms with Gasteiger partial charge in [-0.05, 0) is 39.3 Å². The molecule has 1 aromatic carbocycles. The molecule has 0 amide bonds. The molecular weight excluding hydrogens is 212 g/mol. The molecule has 0 aliphatic heterocycles. The summed E-state index contributed by atoms with van der Waals surface area (Å²) in [5.74, 6) is 0.758. The second-order valence-corrected chi connectivity index (χ2v) is 4.75. The van der Waals surface area contributed by atoms with Gasteiger partial charge in [0.1, 0.15) is 5.75 Å². The van der Waals surface area contributed by atoms with Crippen LogP contribution in [0.1, 0.15) is 40.5 Å². The Morgan fingerprint density at radius 3 is 2.59 bits per heavy atom. The lowest BCUT2D eigenvalue weighted by Gasteiger charge is -2.17. The summed E-state index contributed by atoms with van der Waals surface area (Å²) >= 11 is 0. The number of hydrogen-bond donors (Lipinski definition) is 2. The third-order valence-electron chi connectivity index (χ3n) is 2.51. The zero-order valence-electron chi connectivity index (χ0n) is 11.3. The van der Waals surface area contributed by atoms with Crippen molar-refractivity contribution in [1.82, 2.24) is 0 Å². The standard InChI is InChI=1S/C14H24N2O/c1-5-6-11(4)16-12-7-8-13(15)14(9-12)17-10(2)3/h7-11,16H,5-6,15H2,1-4H3. The van der Waals surface area contributed by atoms with Gasteiger partial charge in [-0.25, -0.2) is 0 Å². The molecule has 0 aliphatic rings. The van der Waals surface area contributed by atoms with Crippen LogP contribution in [0.5, 0.6) is 5.75 Å². The smallest absolute Gasteiger partial charge is 0.144 e. The van der Waals surface area contributed by atoms with Crippen molar-refractivity contribution in [3.63, 3.8) is 0 Å². The Balaban J connectivity index is 2.74. The van der Waals surface area contributed by atoms with E-state index >= 15 is 0 Å². The normalized spacial score (nSPS) is 12.5. The summed E-state index contributed by atoms with van der Waals surface area (Å²) in [4.78, 5) is 0. The first kappa shape index (κ1) is 13.7. The third kappa shape index (κ3) is 4.55. The van der Waals surface area contributed by atoms with Gasteiger partial charge in [0.25, 0.3) is 0 Å². The molecule has 0 bridgehead atoms. The largest absolute Gasteiger partial charge is 0.489 e. The fraction of sp³-hybridized carbons (Fsp3) is 0.571. The van der Waals surface area contributed by atoms with Crippen LogP contribution in [0, 0.1) is 0 Å². The van der Waals surface area contributed by atoms with Crippen molar-refractivity contribution in [3.8, 4) is 5.75 Å². The van der Waals surface area contributed by atoms with E-state index in [0.717, 1.165) is 17.9 Å². The molecule has 0 saturated heterocycles. The molecule has 0 radical (unpaired) electrons. The lowest BCUT2D eigenvalue weighted by Crippen LogP contribution is -2.15. The van der Waals surface area contributed by atoms with E-state index < -0.39 is 0 Å². The molecule has 1 atom stereocenters. The van der Waals surface area contributed by atoms with Gasteiger partial charge in [0.2, 0.25) is 0 Å². The Hall–Kier alpha value is -1.38. The minimum absolute atomic E-state index is 0.139. The topological polar surface area (TPSA) is 47.3 Å². The van der Waals surface area contributed by atoms with Gasteiger partial charge in [0.05, 0.1) is 11.8 Å². The maximum Gasteiger partial charge on any atom is 0.144 e. The van der Waals surface area contributed by atoms with Crippen molar-refractivity contribution in [1.29, 1.82) is 0 Å². The predicted octanol–water partition coefficient (Wildman–Crippen LogP) is 3.66. The van der Waals surface area contributed by atoms with Crippen LogP contribution in [-0.4, -0.2) is 12.1 Å². The van der Waals surface area contributed by atoms with Crippen LogP contribution in [0.4, 0.5) is 11.4 Å². The van der Waals surface area contributed by atoms with E-state index in [9.17, 15) is 0 Å². The monoisotopic (exact) mass is 236 g/mol. The maximum atomic E-state index is 5.87. The summed E-state index contributed by atoms with van der Waals surface area (Å²) in [6.45, 7) is 8.37. The van der Waals surface area contributed by atoms with Gasteiger partial charge >= 0.3 is 0 Å². The number of benzene rings is 1. The van der Waals surface area contributed by atoms with Crippen LogP contribution in [0.3, 0.4) is 0 Å². The number of nitrogen functional groups attached to an aromatic ring is 1. The lowest BCUT2D eigenvalue weighted by molar-refractivity contribution is 0.244. The molecule has 3 N–H and O–H groups in total. The summed E-state index contributed by atoms with van der Waals surface area (Å²) < 4.78 is 5.66. The molecule has 1 unspecified atom stereocenters. The molecule has 1 rings (SSSR count). The van der Waals surface area contributed by atoms with E-state index in [1.165, 1.54) is 6.42 Å². The number of rotatable bonds is 6. The van der Waals surface area contributed by atoms with Gasteiger partial charge in [0.15, 0.2) is 0 Å². The van der Waals surface area contributed by atoms with Crippen LogP contribution in [0.25, 0.3) is 0 Å². The van der Waals surface area contributed by atoms with Crippen LogP contribution in [0.15, 0.2) is 18.2 Å². The SMILES string of the molecule is CCCC(C)Nc1ccc(N)c(OC(C)C)c1. The molecule has 3 heteroatoms. The molecule has 0 spiro atoms. The number of anilines is 2. The van der Waals surface area contributed by atoms with Gasteiger partial charge in [-0.1, -0.05) is 13.3 Å². The Labute approximate surface area is 104 Å². The lowest BCUT2D eigenvalue weighted by atomic mass is 10.2. The fourth-order valence-electron chi connectivity index (χ4n) is 1.77. The van der Waals surface area contributed by atoms with E-state index in [2.05, 4.69) is 19.2 Å². The van der Waals surface area contributed by atoms with Crippen LogP contribution in [-0.2, 0) is 0 Å². The summed E-state index contributed by atoms with van der Waals surface area (Å²) in [7, 11) is 0. The minimum Gasteiger partial charge on any atom is -0.489 e. The first-order chi connectivity index (χ1) is 8.02. The van der Waals surface area contributed by atoms with Gasteiger partial charge in [0, 0.05) is 17.8 Å².